The first-order valence-electron chi connectivity index (χ1n) is 9.81. The number of ether oxygens (including phenoxy) is 2. The van der Waals surface area contributed by atoms with Gasteiger partial charge in [-0.2, -0.15) is 5.26 Å². The molecule has 27 heavy (non-hydrogen) atoms. The minimum absolute atomic E-state index is 0.154. The molecule has 0 N–H and O–H groups in total. The van der Waals surface area contributed by atoms with E-state index in [0.29, 0.717) is 12.2 Å². The van der Waals surface area contributed by atoms with Gasteiger partial charge < -0.3 is 14.4 Å². The van der Waals surface area contributed by atoms with E-state index in [0.717, 1.165) is 43.4 Å². The zero-order chi connectivity index (χ0) is 19.3. The molecule has 2 saturated carbocycles. The number of benzene rings is 1. The van der Waals surface area contributed by atoms with Crippen molar-refractivity contribution in [1.29, 1.82) is 5.26 Å². The molecule has 0 saturated heterocycles. The highest BCUT2D eigenvalue weighted by Crippen LogP contribution is 2.43. The third kappa shape index (κ3) is 4.12. The van der Waals surface area contributed by atoms with Crippen molar-refractivity contribution in [1.82, 2.24) is 4.90 Å². The van der Waals surface area contributed by atoms with Crippen LogP contribution >= 0.6 is 0 Å². The summed E-state index contributed by atoms with van der Waals surface area (Å²) in [6, 6.07) is 8.64. The lowest BCUT2D eigenvalue weighted by atomic mass is 9.68. The average molecular weight is 368 g/mol. The monoisotopic (exact) mass is 368 g/mol. The summed E-state index contributed by atoms with van der Waals surface area (Å²) < 4.78 is 11.7. The van der Waals surface area contributed by atoms with Crippen molar-refractivity contribution >= 4 is 5.94 Å². The molecule has 0 aliphatic heterocycles. The standard InChI is InChI=1S/C22H28N2O3/c1-24(12-13-25)18-6-5-11-22(15-18,16-23)17-9-10-20(26-2)21(14-17)27-19-7-3-4-8-19/h9-10,12,14,18-19H,3-8,11,15H2,1-2H3. The van der Waals surface area contributed by atoms with Gasteiger partial charge in [-0.1, -0.05) is 6.07 Å². The van der Waals surface area contributed by atoms with E-state index >= 15 is 0 Å². The van der Waals surface area contributed by atoms with Gasteiger partial charge in [0.1, 0.15) is 5.94 Å². The molecular weight excluding hydrogens is 340 g/mol. The van der Waals surface area contributed by atoms with Gasteiger partial charge in [0, 0.05) is 13.1 Å². The Morgan fingerprint density at radius 1 is 1.22 bits per heavy atom. The molecule has 2 unspecified atom stereocenters. The average Bonchev–Trinajstić information content (AvgIpc) is 3.21. The Balaban J connectivity index is 1.89. The van der Waals surface area contributed by atoms with Crippen LogP contribution in [0.3, 0.4) is 0 Å². The minimum atomic E-state index is -0.575. The molecule has 5 nitrogen and oxygen atoms in total. The summed E-state index contributed by atoms with van der Waals surface area (Å²) in [6.45, 7) is 0. The molecule has 1 aromatic rings. The smallest absolute Gasteiger partial charge is 0.161 e. The summed E-state index contributed by atoms with van der Waals surface area (Å²) in [4.78, 5) is 12.6. The van der Waals surface area contributed by atoms with Crippen LogP contribution in [0.4, 0.5) is 0 Å². The van der Waals surface area contributed by atoms with Crippen LogP contribution in [-0.2, 0) is 10.2 Å². The van der Waals surface area contributed by atoms with Gasteiger partial charge in [0.05, 0.1) is 30.9 Å². The summed E-state index contributed by atoms with van der Waals surface area (Å²) in [7, 11) is 3.53. The predicted octanol–water partition coefficient (Wildman–Crippen LogP) is 4.00. The molecule has 2 aliphatic carbocycles. The van der Waals surface area contributed by atoms with Crippen molar-refractivity contribution in [2.75, 3.05) is 14.2 Å². The maximum Gasteiger partial charge on any atom is 0.161 e. The topological polar surface area (TPSA) is 62.6 Å². The van der Waals surface area contributed by atoms with E-state index in [-0.39, 0.29) is 12.1 Å². The number of rotatable bonds is 6. The molecule has 0 amide bonds. The van der Waals surface area contributed by atoms with Crippen molar-refractivity contribution in [3.05, 3.63) is 30.0 Å². The summed E-state index contributed by atoms with van der Waals surface area (Å²) in [6.07, 6.45) is 9.63. The van der Waals surface area contributed by atoms with E-state index in [1.807, 2.05) is 36.1 Å². The van der Waals surface area contributed by atoms with Crippen LogP contribution in [0.15, 0.2) is 24.4 Å². The van der Waals surface area contributed by atoms with Gasteiger partial charge in [-0.3, -0.25) is 0 Å². The molecule has 5 heteroatoms. The highest BCUT2D eigenvalue weighted by atomic mass is 16.5. The maximum absolute atomic E-state index is 10.7. The van der Waals surface area contributed by atoms with Gasteiger partial charge in [0.25, 0.3) is 0 Å². The molecular formula is C22H28N2O3. The maximum atomic E-state index is 10.7. The second-order valence-corrected chi connectivity index (χ2v) is 7.75. The normalized spacial score (nSPS) is 25.3. The second kappa shape index (κ2) is 8.50. The molecule has 3 rings (SSSR count). The van der Waals surface area contributed by atoms with Gasteiger partial charge in [0.2, 0.25) is 0 Å². The molecule has 0 heterocycles. The van der Waals surface area contributed by atoms with Crippen molar-refractivity contribution < 1.29 is 14.3 Å². The number of nitriles is 1. The van der Waals surface area contributed by atoms with E-state index in [2.05, 4.69) is 6.07 Å². The van der Waals surface area contributed by atoms with Crippen molar-refractivity contribution in [2.24, 2.45) is 0 Å². The number of carbonyl (C=O) groups excluding carboxylic acids is 1. The van der Waals surface area contributed by atoms with E-state index in [9.17, 15) is 10.1 Å². The predicted molar refractivity (Wildman–Crippen MR) is 103 cm³/mol. The molecule has 2 fully saturated rings. The van der Waals surface area contributed by atoms with E-state index in [4.69, 9.17) is 9.47 Å². The van der Waals surface area contributed by atoms with Crippen LogP contribution in [0.25, 0.3) is 0 Å². The molecule has 0 spiro atoms. The molecule has 2 atom stereocenters. The first-order chi connectivity index (χ1) is 13.1. The van der Waals surface area contributed by atoms with E-state index in [1.165, 1.54) is 19.0 Å². The Kier molecular flexibility index (Phi) is 6.08. The first kappa shape index (κ1) is 19.3. The van der Waals surface area contributed by atoms with Crippen LogP contribution < -0.4 is 9.47 Å². The van der Waals surface area contributed by atoms with E-state index < -0.39 is 5.41 Å². The zero-order valence-corrected chi connectivity index (χ0v) is 16.2. The van der Waals surface area contributed by atoms with Crippen LogP contribution in [0.5, 0.6) is 11.5 Å². The highest BCUT2D eigenvalue weighted by Gasteiger charge is 2.40. The number of hydrogen-bond donors (Lipinski definition) is 0. The first-order valence-corrected chi connectivity index (χ1v) is 9.81. The van der Waals surface area contributed by atoms with Crippen LogP contribution in [0.1, 0.15) is 56.9 Å². The SMILES string of the molecule is COc1ccc(C2(C#N)CCCC(N(C)C=C=O)C2)cc1OC1CCCC1. The lowest BCUT2D eigenvalue weighted by molar-refractivity contribution is 0.196. The van der Waals surface area contributed by atoms with Crippen LogP contribution in [-0.4, -0.2) is 37.1 Å². The molecule has 2 aliphatic rings. The Morgan fingerprint density at radius 2 is 2.00 bits per heavy atom. The third-order valence-corrected chi connectivity index (χ3v) is 6.08. The van der Waals surface area contributed by atoms with Gasteiger partial charge >= 0.3 is 0 Å². The Hall–Kier alpha value is -2.44. The largest absolute Gasteiger partial charge is 0.493 e. The molecule has 0 radical (unpaired) electrons. The Bertz CT molecular complexity index is 744. The summed E-state index contributed by atoms with van der Waals surface area (Å²) in [5.41, 5.74) is 0.403. The zero-order valence-electron chi connectivity index (χ0n) is 16.2. The number of nitrogens with zero attached hydrogens (tertiary/aromatic N) is 2. The number of hydrogen-bond acceptors (Lipinski definition) is 5. The molecule has 1 aromatic carbocycles. The van der Waals surface area contributed by atoms with Gasteiger partial charge in [0.15, 0.2) is 11.5 Å². The minimum Gasteiger partial charge on any atom is -0.493 e. The Morgan fingerprint density at radius 3 is 2.67 bits per heavy atom. The Labute approximate surface area is 161 Å². The summed E-state index contributed by atoms with van der Waals surface area (Å²) in [5.74, 6) is 3.30. The van der Waals surface area contributed by atoms with Crippen LogP contribution in [0, 0.1) is 11.3 Å². The van der Waals surface area contributed by atoms with Gasteiger partial charge in [-0.25, -0.2) is 4.79 Å². The van der Waals surface area contributed by atoms with Crippen molar-refractivity contribution in [3.63, 3.8) is 0 Å². The molecule has 0 aromatic heterocycles. The number of methoxy groups -OCH3 is 1. The molecule has 0 bridgehead atoms. The highest BCUT2D eigenvalue weighted by molar-refractivity contribution is 5.48. The third-order valence-electron chi connectivity index (χ3n) is 6.08. The summed E-state index contributed by atoms with van der Waals surface area (Å²) in [5, 5.41) is 10.1. The lowest BCUT2D eigenvalue weighted by Gasteiger charge is -2.39. The summed E-state index contributed by atoms with van der Waals surface area (Å²) >= 11 is 0. The van der Waals surface area contributed by atoms with Gasteiger partial charge in [-0.15, -0.1) is 0 Å². The van der Waals surface area contributed by atoms with Gasteiger partial charge in [-0.05, 0) is 69.1 Å². The quantitative estimate of drug-likeness (QED) is 0.710. The molecule has 144 valence electrons. The lowest BCUT2D eigenvalue weighted by Crippen LogP contribution is -2.40. The van der Waals surface area contributed by atoms with Crippen LogP contribution in [0.2, 0.25) is 0 Å². The second-order valence-electron chi connectivity index (χ2n) is 7.75. The van der Waals surface area contributed by atoms with Crippen molar-refractivity contribution in [3.8, 4) is 17.6 Å². The fourth-order valence-corrected chi connectivity index (χ4v) is 4.46. The fraction of sp³-hybridized carbons (Fsp3) is 0.591. The van der Waals surface area contributed by atoms with Crippen molar-refractivity contribution in [2.45, 2.75) is 68.9 Å². The fourth-order valence-electron chi connectivity index (χ4n) is 4.46. The van der Waals surface area contributed by atoms with E-state index in [1.54, 1.807) is 7.11 Å².